The minimum absolute atomic E-state index is 0.0383. The molecule has 1 aromatic heterocycles. The number of para-hydroxylation sites is 1. The first-order valence-electron chi connectivity index (χ1n) is 4.67. The molecule has 0 atom stereocenters. The van der Waals surface area contributed by atoms with Gasteiger partial charge in [-0.05, 0) is 12.1 Å². The first kappa shape index (κ1) is 11.4. The molecule has 0 aliphatic heterocycles. The highest BCUT2D eigenvalue weighted by atomic mass is 35.5. The number of nitro groups is 1. The fraction of sp³-hybridized carbons (Fsp3) is 0.100. The van der Waals surface area contributed by atoms with E-state index >= 15 is 0 Å². The Morgan fingerprint density at radius 2 is 2.29 bits per heavy atom. The summed E-state index contributed by atoms with van der Waals surface area (Å²) < 4.78 is 6.90. The number of halogens is 1. The first-order valence-corrected chi connectivity index (χ1v) is 5.05. The summed E-state index contributed by atoms with van der Waals surface area (Å²) in [5.74, 6) is 0.508. The summed E-state index contributed by atoms with van der Waals surface area (Å²) in [4.78, 5) is 10.3. The highest BCUT2D eigenvalue weighted by molar-refractivity contribution is 6.32. The van der Waals surface area contributed by atoms with E-state index in [9.17, 15) is 10.1 Å². The van der Waals surface area contributed by atoms with E-state index in [4.69, 9.17) is 16.3 Å². The fourth-order valence-electron chi connectivity index (χ4n) is 1.33. The molecule has 7 heteroatoms. The summed E-state index contributed by atoms with van der Waals surface area (Å²) in [6.07, 6.45) is 3.06. The van der Waals surface area contributed by atoms with Crippen molar-refractivity contribution in [2.45, 2.75) is 0 Å². The van der Waals surface area contributed by atoms with E-state index in [-0.39, 0.29) is 16.5 Å². The Morgan fingerprint density at radius 1 is 1.53 bits per heavy atom. The molecule has 2 aromatic rings. The Hall–Kier alpha value is -2.08. The van der Waals surface area contributed by atoms with Crippen molar-refractivity contribution in [3.8, 4) is 11.5 Å². The van der Waals surface area contributed by atoms with Gasteiger partial charge in [0.2, 0.25) is 5.75 Å². The van der Waals surface area contributed by atoms with Crippen LogP contribution in [0, 0.1) is 10.1 Å². The molecule has 0 radical (unpaired) electrons. The second-order valence-corrected chi connectivity index (χ2v) is 3.70. The highest BCUT2D eigenvalue weighted by Gasteiger charge is 2.20. The number of hydrogen-bond donors (Lipinski definition) is 0. The number of nitrogens with zero attached hydrogens (tertiary/aromatic N) is 3. The molecule has 1 aromatic carbocycles. The van der Waals surface area contributed by atoms with Crippen LogP contribution < -0.4 is 4.74 Å². The number of benzene rings is 1. The average molecular weight is 254 g/mol. The fourth-order valence-corrected chi connectivity index (χ4v) is 1.57. The number of ether oxygens (including phenoxy) is 1. The lowest BCUT2D eigenvalue weighted by Crippen LogP contribution is -1.93. The maximum absolute atomic E-state index is 10.9. The van der Waals surface area contributed by atoms with Gasteiger partial charge in [0.1, 0.15) is 5.02 Å². The van der Waals surface area contributed by atoms with Gasteiger partial charge in [0.05, 0.1) is 17.3 Å². The van der Waals surface area contributed by atoms with E-state index in [0.717, 1.165) is 0 Å². The summed E-state index contributed by atoms with van der Waals surface area (Å²) in [6.45, 7) is 0. The monoisotopic (exact) mass is 253 g/mol. The van der Waals surface area contributed by atoms with E-state index in [1.807, 2.05) is 0 Å². The van der Waals surface area contributed by atoms with Crippen LogP contribution in [0.15, 0.2) is 30.6 Å². The molecule has 17 heavy (non-hydrogen) atoms. The molecule has 0 unspecified atom stereocenters. The number of aromatic nitrogens is 2. The van der Waals surface area contributed by atoms with Crippen molar-refractivity contribution in [2.75, 3.05) is 0 Å². The van der Waals surface area contributed by atoms with Crippen molar-refractivity contribution in [3.63, 3.8) is 0 Å². The van der Waals surface area contributed by atoms with Gasteiger partial charge in [-0.3, -0.25) is 14.8 Å². The second kappa shape index (κ2) is 4.42. The van der Waals surface area contributed by atoms with Crippen LogP contribution in [-0.4, -0.2) is 14.7 Å². The maximum atomic E-state index is 10.9. The third-order valence-corrected chi connectivity index (χ3v) is 2.35. The van der Waals surface area contributed by atoms with Gasteiger partial charge in [-0.1, -0.05) is 17.7 Å². The summed E-state index contributed by atoms with van der Waals surface area (Å²) in [7, 11) is 1.72. The van der Waals surface area contributed by atoms with Gasteiger partial charge in [0.25, 0.3) is 0 Å². The molecule has 2 rings (SSSR count). The zero-order chi connectivity index (χ0) is 12.4. The van der Waals surface area contributed by atoms with E-state index in [0.29, 0.717) is 5.75 Å². The van der Waals surface area contributed by atoms with Crippen LogP contribution in [0.5, 0.6) is 11.5 Å². The first-order chi connectivity index (χ1) is 8.08. The smallest absolute Gasteiger partial charge is 0.329 e. The normalized spacial score (nSPS) is 10.2. The van der Waals surface area contributed by atoms with Crippen LogP contribution >= 0.6 is 11.6 Å². The molecular formula is C10H8ClN3O3. The molecule has 0 saturated carbocycles. The van der Waals surface area contributed by atoms with Gasteiger partial charge in [0, 0.05) is 7.05 Å². The molecular weight excluding hydrogens is 246 g/mol. The van der Waals surface area contributed by atoms with Crippen LogP contribution in [0.2, 0.25) is 5.02 Å². The van der Waals surface area contributed by atoms with Crippen molar-refractivity contribution in [3.05, 3.63) is 45.7 Å². The standard InChI is InChI=1S/C10H8ClN3O3/c1-13-6-7(5-12-13)17-9-4-2-3-8(11)10(9)14(15)16/h2-6H,1H3. The SMILES string of the molecule is Cn1cc(Oc2cccc(Cl)c2[N+](=O)[O-])cn1. The van der Waals surface area contributed by atoms with Gasteiger partial charge in [-0.15, -0.1) is 0 Å². The Labute approximate surface area is 102 Å². The Balaban J connectivity index is 2.39. The van der Waals surface area contributed by atoms with Crippen molar-refractivity contribution < 1.29 is 9.66 Å². The van der Waals surface area contributed by atoms with E-state index in [1.165, 1.54) is 23.0 Å². The minimum atomic E-state index is -0.575. The van der Waals surface area contributed by atoms with Crippen LogP contribution in [0.25, 0.3) is 0 Å². The summed E-state index contributed by atoms with van der Waals surface area (Å²) in [6, 6.07) is 4.51. The molecule has 0 spiro atoms. The lowest BCUT2D eigenvalue weighted by molar-refractivity contribution is -0.385. The summed E-state index contributed by atoms with van der Waals surface area (Å²) in [5, 5.41) is 14.8. The Kier molecular flexibility index (Phi) is 2.97. The Morgan fingerprint density at radius 3 is 2.88 bits per heavy atom. The summed E-state index contributed by atoms with van der Waals surface area (Å²) in [5.41, 5.74) is -0.252. The molecule has 88 valence electrons. The topological polar surface area (TPSA) is 70.2 Å². The van der Waals surface area contributed by atoms with Crippen molar-refractivity contribution in [2.24, 2.45) is 7.05 Å². The molecule has 0 aliphatic rings. The largest absolute Gasteiger partial charge is 0.447 e. The maximum Gasteiger partial charge on any atom is 0.329 e. The molecule has 0 fully saturated rings. The van der Waals surface area contributed by atoms with Crippen LogP contribution in [0.1, 0.15) is 0 Å². The lowest BCUT2D eigenvalue weighted by atomic mass is 10.3. The number of rotatable bonds is 3. The van der Waals surface area contributed by atoms with Crippen molar-refractivity contribution in [1.29, 1.82) is 0 Å². The van der Waals surface area contributed by atoms with Gasteiger partial charge in [0.15, 0.2) is 5.75 Å². The highest BCUT2D eigenvalue weighted by Crippen LogP contribution is 2.36. The summed E-state index contributed by atoms with van der Waals surface area (Å²) >= 11 is 5.75. The lowest BCUT2D eigenvalue weighted by Gasteiger charge is -2.04. The van der Waals surface area contributed by atoms with Crippen LogP contribution in [0.4, 0.5) is 5.69 Å². The number of aryl methyl sites for hydroxylation is 1. The molecule has 0 saturated heterocycles. The van der Waals surface area contributed by atoms with Crippen molar-refractivity contribution >= 4 is 17.3 Å². The van der Waals surface area contributed by atoms with Crippen molar-refractivity contribution in [1.82, 2.24) is 9.78 Å². The third-order valence-electron chi connectivity index (χ3n) is 2.04. The molecule has 6 nitrogen and oxygen atoms in total. The Bertz CT molecular complexity index is 568. The van der Waals surface area contributed by atoms with Gasteiger partial charge in [-0.25, -0.2) is 0 Å². The van der Waals surface area contributed by atoms with Gasteiger partial charge < -0.3 is 4.74 Å². The van der Waals surface area contributed by atoms with Gasteiger partial charge in [-0.2, -0.15) is 5.10 Å². The predicted molar refractivity (Wildman–Crippen MR) is 61.4 cm³/mol. The third kappa shape index (κ3) is 2.36. The van der Waals surface area contributed by atoms with E-state index in [1.54, 1.807) is 19.3 Å². The molecule has 0 bridgehead atoms. The zero-order valence-electron chi connectivity index (χ0n) is 8.83. The van der Waals surface area contributed by atoms with Gasteiger partial charge >= 0.3 is 5.69 Å². The van der Waals surface area contributed by atoms with Crippen LogP contribution in [-0.2, 0) is 7.05 Å². The molecule has 0 aliphatic carbocycles. The number of hydrogen-bond acceptors (Lipinski definition) is 4. The molecule has 1 heterocycles. The van der Waals surface area contributed by atoms with E-state index in [2.05, 4.69) is 5.10 Å². The number of nitro benzene ring substituents is 1. The average Bonchev–Trinajstić information content (AvgIpc) is 2.63. The molecule has 0 amide bonds. The zero-order valence-corrected chi connectivity index (χ0v) is 9.59. The minimum Gasteiger partial charge on any atom is -0.447 e. The quantitative estimate of drug-likeness (QED) is 0.623. The molecule has 0 N–H and O–H groups in total. The predicted octanol–water partition coefficient (Wildman–Crippen LogP) is 2.77. The second-order valence-electron chi connectivity index (χ2n) is 3.30. The van der Waals surface area contributed by atoms with Crippen LogP contribution in [0.3, 0.4) is 0 Å². The van der Waals surface area contributed by atoms with E-state index < -0.39 is 4.92 Å².